The number of piperidine rings is 1. The second-order valence-electron chi connectivity index (χ2n) is 6.01. The molecular weight excluding hydrogens is 306 g/mol. The quantitative estimate of drug-likeness (QED) is 0.830. The van der Waals surface area contributed by atoms with Crippen molar-refractivity contribution < 1.29 is 12.8 Å². The van der Waals surface area contributed by atoms with Crippen molar-refractivity contribution in [2.75, 3.05) is 13.1 Å². The largest absolute Gasteiger partial charge is 0.425 e. The molecule has 120 valence electrons. The Morgan fingerprint density at radius 2 is 2.14 bits per heavy atom. The summed E-state index contributed by atoms with van der Waals surface area (Å²) in [5.74, 6) is 0.979. The van der Waals surface area contributed by atoms with Gasteiger partial charge in [-0.15, -0.1) is 10.2 Å². The number of aromatic nitrogens is 4. The molecule has 1 aliphatic heterocycles. The number of nitrogens with zero attached hydrogens (tertiary/aromatic N) is 5. The highest BCUT2D eigenvalue weighted by Crippen LogP contribution is 2.34. The van der Waals surface area contributed by atoms with Crippen molar-refractivity contribution in [1.82, 2.24) is 24.1 Å². The highest BCUT2D eigenvalue weighted by Gasteiger charge is 2.42. The van der Waals surface area contributed by atoms with E-state index in [0.717, 1.165) is 12.8 Å². The average molecular weight is 325 g/mol. The Hall–Kier alpha value is -1.74. The third-order valence-corrected chi connectivity index (χ3v) is 5.72. The maximum atomic E-state index is 12.7. The molecule has 0 amide bonds. The van der Waals surface area contributed by atoms with Gasteiger partial charge in [-0.05, 0) is 19.8 Å². The number of hydrogen-bond donors (Lipinski definition) is 0. The predicted molar refractivity (Wildman–Crippen MR) is 77.6 cm³/mol. The molecule has 9 heteroatoms. The smallest absolute Gasteiger partial charge is 0.262 e. The third kappa shape index (κ3) is 2.54. The van der Waals surface area contributed by atoms with E-state index >= 15 is 0 Å². The molecule has 0 unspecified atom stereocenters. The standard InChI is InChI=1S/C13H19N5O3S/c1-10-15-16-12(21-10)13(2)5-4-6-18(8-13)22(19,20)11-7-17(3)9-14-11/h7,9H,4-6,8H2,1-3H3/t13-/m0/s1. The Morgan fingerprint density at radius 3 is 2.73 bits per heavy atom. The number of sulfonamides is 1. The molecule has 1 fully saturated rings. The van der Waals surface area contributed by atoms with Gasteiger partial charge in [-0.2, -0.15) is 4.31 Å². The molecule has 0 radical (unpaired) electrons. The molecule has 0 spiro atoms. The zero-order chi connectivity index (χ0) is 16.0. The van der Waals surface area contributed by atoms with Gasteiger partial charge in [0.1, 0.15) is 0 Å². The van der Waals surface area contributed by atoms with Crippen LogP contribution in [-0.4, -0.2) is 45.6 Å². The van der Waals surface area contributed by atoms with Crippen molar-refractivity contribution in [3.05, 3.63) is 24.3 Å². The normalized spacial score (nSPS) is 23.8. The first-order valence-corrected chi connectivity index (χ1v) is 8.54. The Bertz CT molecular complexity index is 781. The van der Waals surface area contributed by atoms with Crippen molar-refractivity contribution in [2.45, 2.75) is 37.1 Å². The van der Waals surface area contributed by atoms with Crippen molar-refractivity contribution in [1.29, 1.82) is 0 Å². The summed E-state index contributed by atoms with van der Waals surface area (Å²) < 4.78 is 34.0. The van der Waals surface area contributed by atoms with Gasteiger partial charge in [0, 0.05) is 33.3 Å². The lowest BCUT2D eigenvalue weighted by atomic mass is 9.83. The van der Waals surface area contributed by atoms with Crippen LogP contribution < -0.4 is 0 Å². The summed E-state index contributed by atoms with van der Waals surface area (Å²) in [6, 6.07) is 0. The number of hydrogen-bond acceptors (Lipinski definition) is 6. The molecule has 3 rings (SSSR count). The molecule has 0 N–H and O–H groups in total. The molecule has 0 bridgehead atoms. The van der Waals surface area contributed by atoms with E-state index < -0.39 is 15.4 Å². The van der Waals surface area contributed by atoms with Gasteiger partial charge >= 0.3 is 0 Å². The van der Waals surface area contributed by atoms with Crippen molar-refractivity contribution in [3.63, 3.8) is 0 Å². The number of rotatable bonds is 3. The topological polar surface area (TPSA) is 94.1 Å². The van der Waals surface area contributed by atoms with Crippen LogP contribution in [0.1, 0.15) is 31.5 Å². The summed E-state index contributed by atoms with van der Waals surface area (Å²) in [5.41, 5.74) is -0.471. The Balaban J connectivity index is 1.90. The summed E-state index contributed by atoms with van der Waals surface area (Å²) in [6.45, 7) is 4.47. The van der Waals surface area contributed by atoms with Crippen LogP contribution >= 0.6 is 0 Å². The Kier molecular flexibility index (Phi) is 3.56. The first kappa shape index (κ1) is 15.2. The van der Waals surface area contributed by atoms with Crippen LogP contribution in [0.4, 0.5) is 0 Å². The highest BCUT2D eigenvalue weighted by molar-refractivity contribution is 7.89. The summed E-state index contributed by atoms with van der Waals surface area (Å²) in [7, 11) is -1.86. The fourth-order valence-corrected chi connectivity index (χ4v) is 4.34. The van der Waals surface area contributed by atoms with Crippen molar-refractivity contribution in [2.24, 2.45) is 7.05 Å². The molecule has 22 heavy (non-hydrogen) atoms. The summed E-state index contributed by atoms with van der Waals surface area (Å²) in [4.78, 5) is 3.97. The van der Waals surface area contributed by atoms with Gasteiger partial charge in [0.05, 0.1) is 11.7 Å². The van der Waals surface area contributed by atoms with E-state index in [-0.39, 0.29) is 5.03 Å². The Morgan fingerprint density at radius 1 is 1.36 bits per heavy atom. The van der Waals surface area contributed by atoms with Crippen molar-refractivity contribution in [3.8, 4) is 0 Å². The molecule has 8 nitrogen and oxygen atoms in total. The minimum atomic E-state index is -3.60. The van der Waals surface area contributed by atoms with Crippen LogP contribution in [0.5, 0.6) is 0 Å². The lowest BCUT2D eigenvalue weighted by Crippen LogP contribution is -2.47. The van der Waals surface area contributed by atoms with Gasteiger partial charge < -0.3 is 8.98 Å². The lowest BCUT2D eigenvalue weighted by molar-refractivity contribution is 0.202. The fraction of sp³-hybridized carbons (Fsp3) is 0.615. The number of imidazole rings is 1. The van der Waals surface area contributed by atoms with E-state index in [1.807, 2.05) is 6.92 Å². The van der Waals surface area contributed by atoms with Crippen LogP contribution in [0.2, 0.25) is 0 Å². The molecule has 2 aromatic heterocycles. The molecular formula is C13H19N5O3S. The molecule has 0 aliphatic carbocycles. The van der Waals surface area contributed by atoms with Gasteiger partial charge in [-0.1, -0.05) is 0 Å². The highest BCUT2D eigenvalue weighted by atomic mass is 32.2. The maximum absolute atomic E-state index is 12.7. The SMILES string of the molecule is Cc1nnc([C@@]2(C)CCCN(S(=O)(=O)c3cn(C)cn3)C2)o1. The van der Waals surface area contributed by atoms with Crippen LogP contribution in [0.25, 0.3) is 0 Å². The zero-order valence-corrected chi connectivity index (χ0v) is 13.7. The van der Waals surface area contributed by atoms with Gasteiger partial charge in [0.15, 0.2) is 5.03 Å². The summed E-state index contributed by atoms with van der Waals surface area (Å²) in [6.07, 6.45) is 4.54. The van der Waals surface area contributed by atoms with Crippen molar-refractivity contribution >= 4 is 10.0 Å². The summed E-state index contributed by atoms with van der Waals surface area (Å²) in [5, 5.41) is 8.00. The molecule has 0 saturated carbocycles. The maximum Gasteiger partial charge on any atom is 0.262 e. The molecule has 2 aromatic rings. The first-order chi connectivity index (χ1) is 10.3. The average Bonchev–Trinajstić information content (AvgIpc) is 3.08. The van der Waals surface area contributed by atoms with Crippen LogP contribution in [0.15, 0.2) is 22.0 Å². The fourth-order valence-electron chi connectivity index (χ4n) is 2.77. The molecule has 1 aliphatic rings. The molecule has 3 heterocycles. The van der Waals surface area contributed by atoms with E-state index in [4.69, 9.17) is 4.42 Å². The minimum absolute atomic E-state index is 0.0703. The van der Waals surface area contributed by atoms with Gasteiger partial charge in [-0.25, -0.2) is 13.4 Å². The molecule has 1 saturated heterocycles. The molecule has 1 atom stereocenters. The second kappa shape index (κ2) is 5.17. The number of aryl methyl sites for hydroxylation is 2. The van der Waals surface area contributed by atoms with E-state index in [2.05, 4.69) is 15.2 Å². The Labute approximate surface area is 129 Å². The first-order valence-electron chi connectivity index (χ1n) is 7.10. The van der Waals surface area contributed by atoms with Crippen LogP contribution in [-0.2, 0) is 22.5 Å². The molecule has 0 aromatic carbocycles. The predicted octanol–water partition coefficient (Wildman–Crippen LogP) is 0.854. The lowest BCUT2D eigenvalue weighted by Gasteiger charge is -2.36. The van der Waals surface area contributed by atoms with Gasteiger partial charge in [-0.3, -0.25) is 0 Å². The monoisotopic (exact) mass is 325 g/mol. The minimum Gasteiger partial charge on any atom is -0.425 e. The van der Waals surface area contributed by atoms with E-state index in [9.17, 15) is 8.42 Å². The van der Waals surface area contributed by atoms with Gasteiger partial charge in [0.2, 0.25) is 11.8 Å². The van der Waals surface area contributed by atoms with E-state index in [0.29, 0.717) is 24.9 Å². The van der Waals surface area contributed by atoms with Crippen LogP contribution in [0, 0.1) is 6.92 Å². The van der Waals surface area contributed by atoms with Gasteiger partial charge in [0.25, 0.3) is 10.0 Å². The van der Waals surface area contributed by atoms with Crippen LogP contribution in [0.3, 0.4) is 0 Å². The summed E-state index contributed by atoms with van der Waals surface area (Å²) >= 11 is 0. The third-order valence-electron chi connectivity index (χ3n) is 3.99. The second-order valence-corrected chi connectivity index (χ2v) is 7.89. The zero-order valence-electron chi connectivity index (χ0n) is 12.9. The van der Waals surface area contributed by atoms with E-state index in [1.165, 1.54) is 16.8 Å². The van der Waals surface area contributed by atoms with E-state index in [1.54, 1.807) is 18.5 Å².